The number of carbonyl (C=O) groups excluding carboxylic acids is 1. The second-order valence-electron chi connectivity index (χ2n) is 5.42. The van der Waals surface area contributed by atoms with E-state index in [-0.39, 0.29) is 0 Å². The van der Waals surface area contributed by atoms with Crippen LogP contribution in [-0.4, -0.2) is 10.5 Å². The van der Waals surface area contributed by atoms with Gasteiger partial charge in [-0.15, -0.1) is 0 Å². The van der Waals surface area contributed by atoms with Gasteiger partial charge in [-0.05, 0) is 37.6 Å². The Labute approximate surface area is 129 Å². The molecular weight excluding hydrogens is 276 g/mol. The van der Waals surface area contributed by atoms with Gasteiger partial charge in [0.15, 0.2) is 0 Å². The largest absolute Gasteiger partial charge is 0.467 e. The van der Waals surface area contributed by atoms with Crippen LogP contribution in [0.5, 0.6) is 0 Å². The van der Waals surface area contributed by atoms with Crippen molar-refractivity contribution in [2.45, 2.75) is 20.4 Å². The summed E-state index contributed by atoms with van der Waals surface area (Å²) in [6.07, 6.45) is 1.65. The van der Waals surface area contributed by atoms with Crippen molar-refractivity contribution in [2.24, 2.45) is 5.73 Å². The van der Waals surface area contributed by atoms with Crippen LogP contribution in [0.15, 0.2) is 53.1 Å². The van der Waals surface area contributed by atoms with Gasteiger partial charge in [0.05, 0.1) is 18.4 Å². The third-order valence-corrected chi connectivity index (χ3v) is 3.87. The zero-order valence-corrected chi connectivity index (χ0v) is 12.7. The lowest BCUT2D eigenvalue weighted by atomic mass is 10.1. The number of carbonyl (C=O) groups is 1. The molecule has 0 spiro atoms. The quantitative estimate of drug-likeness (QED) is 0.800. The molecular formula is C18H18N2O2. The summed E-state index contributed by atoms with van der Waals surface area (Å²) in [5, 5.41) is 0. The zero-order chi connectivity index (χ0) is 15.7. The molecule has 2 heterocycles. The lowest BCUT2D eigenvalue weighted by molar-refractivity contribution is 0.0999. The maximum absolute atomic E-state index is 11.7. The Morgan fingerprint density at radius 1 is 1.18 bits per heavy atom. The topological polar surface area (TPSA) is 61.2 Å². The Balaban J connectivity index is 2.13. The van der Waals surface area contributed by atoms with Crippen molar-refractivity contribution >= 4 is 5.91 Å². The lowest BCUT2D eigenvalue weighted by Crippen LogP contribution is -2.12. The Hall–Kier alpha value is -2.75. The van der Waals surface area contributed by atoms with E-state index in [9.17, 15) is 4.79 Å². The van der Waals surface area contributed by atoms with Crippen molar-refractivity contribution in [3.63, 3.8) is 0 Å². The van der Waals surface area contributed by atoms with Gasteiger partial charge in [0.2, 0.25) is 0 Å². The highest BCUT2D eigenvalue weighted by Crippen LogP contribution is 2.27. The van der Waals surface area contributed by atoms with E-state index in [4.69, 9.17) is 10.2 Å². The first-order valence-electron chi connectivity index (χ1n) is 7.15. The number of furan rings is 1. The average molecular weight is 294 g/mol. The van der Waals surface area contributed by atoms with E-state index in [1.54, 1.807) is 6.26 Å². The van der Waals surface area contributed by atoms with Gasteiger partial charge in [-0.2, -0.15) is 0 Å². The second kappa shape index (κ2) is 5.56. The minimum atomic E-state index is -0.413. The highest BCUT2D eigenvalue weighted by molar-refractivity contribution is 5.95. The molecule has 0 aliphatic heterocycles. The van der Waals surface area contributed by atoms with Gasteiger partial charge in [-0.3, -0.25) is 4.79 Å². The van der Waals surface area contributed by atoms with Gasteiger partial charge in [-0.1, -0.05) is 29.8 Å². The molecule has 0 saturated heterocycles. The van der Waals surface area contributed by atoms with Gasteiger partial charge in [0, 0.05) is 11.4 Å². The summed E-state index contributed by atoms with van der Waals surface area (Å²) in [5.41, 5.74) is 10.1. The highest BCUT2D eigenvalue weighted by Gasteiger charge is 2.17. The van der Waals surface area contributed by atoms with Crippen molar-refractivity contribution in [2.75, 3.05) is 0 Å². The second-order valence-corrected chi connectivity index (χ2v) is 5.42. The third-order valence-electron chi connectivity index (χ3n) is 3.87. The molecule has 0 atom stereocenters. The number of nitrogens with two attached hydrogens (primary N) is 1. The number of primary amides is 1. The van der Waals surface area contributed by atoms with E-state index in [1.807, 2.05) is 44.2 Å². The van der Waals surface area contributed by atoms with E-state index >= 15 is 0 Å². The predicted molar refractivity (Wildman–Crippen MR) is 85.7 cm³/mol. The molecule has 0 saturated carbocycles. The first-order valence-corrected chi connectivity index (χ1v) is 7.15. The Bertz CT molecular complexity index is 796. The van der Waals surface area contributed by atoms with E-state index in [0.717, 1.165) is 22.7 Å². The molecule has 3 rings (SSSR count). The van der Waals surface area contributed by atoms with Crippen LogP contribution in [0.2, 0.25) is 0 Å². The molecule has 3 aromatic rings. The number of nitrogens with zero attached hydrogens (tertiary/aromatic N) is 1. The standard InChI is InChI=1S/C18H18N2O2/c1-12-5-7-14(8-6-12)17-10-16(18(19)21)13(2)20(17)11-15-4-3-9-22-15/h3-10H,11H2,1-2H3,(H2,19,21). The number of rotatable bonds is 4. The molecule has 1 aromatic carbocycles. The van der Waals surface area contributed by atoms with Crippen molar-refractivity contribution in [3.05, 3.63) is 71.3 Å². The fraction of sp³-hybridized carbons (Fsp3) is 0.167. The van der Waals surface area contributed by atoms with Crippen molar-refractivity contribution < 1.29 is 9.21 Å². The summed E-state index contributed by atoms with van der Waals surface area (Å²) in [4.78, 5) is 11.7. The van der Waals surface area contributed by atoms with Gasteiger partial charge in [-0.25, -0.2) is 0 Å². The molecule has 0 aliphatic carbocycles. The smallest absolute Gasteiger partial charge is 0.250 e. The zero-order valence-electron chi connectivity index (χ0n) is 12.7. The fourth-order valence-electron chi connectivity index (χ4n) is 2.62. The summed E-state index contributed by atoms with van der Waals surface area (Å²) >= 11 is 0. The Morgan fingerprint density at radius 3 is 2.50 bits per heavy atom. The van der Waals surface area contributed by atoms with Crippen LogP contribution in [0.25, 0.3) is 11.3 Å². The van der Waals surface area contributed by atoms with Gasteiger partial charge < -0.3 is 14.7 Å². The molecule has 0 radical (unpaired) electrons. The van der Waals surface area contributed by atoms with E-state index in [1.165, 1.54) is 5.56 Å². The SMILES string of the molecule is Cc1ccc(-c2cc(C(N)=O)c(C)n2Cc2ccco2)cc1. The number of hydrogen-bond donors (Lipinski definition) is 1. The summed E-state index contributed by atoms with van der Waals surface area (Å²) < 4.78 is 7.49. The normalized spacial score (nSPS) is 10.8. The number of aryl methyl sites for hydroxylation is 1. The Kier molecular flexibility index (Phi) is 3.59. The molecule has 0 bridgehead atoms. The maximum Gasteiger partial charge on any atom is 0.250 e. The number of amides is 1. The molecule has 2 aromatic heterocycles. The Morgan fingerprint density at radius 2 is 1.91 bits per heavy atom. The van der Waals surface area contributed by atoms with E-state index in [0.29, 0.717) is 12.1 Å². The van der Waals surface area contributed by atoms with E-state index < -0.39 is 5.91 Å². The molecule has 4 nitrogen and oxygen atoms in total. The average Bonchev–Trinajstić information content (AvgIpc) is 3.10. The molecule has 4 heteroatoms. The maximum atomic E-state index is 11.7. The highest BCUT2D eigenvalue weighted by atomic mass is 16.3. The van der Waals surface area contributed by atoms with Crippen LogP contribution in [-0.2, 0) is 6.54 Å². The molecule has 0 aliphatic rings. The minimum Gasteiger partial charge on any atom is -0.467 e. The van der Waals surface area contributed by atoms with Crippen molar-refractivity contribution in [3.8, 4) is 11.3 Å². The predicted octanol–water partition coefficient (Wildman–Crippen LogP) is 3.51. The van der Waals surface area contributed by atoms with Crippen LogP contribution in [0.3, 0.4) is 0 Å². The molecule has 112 valence electrons. The number of hydrogen-bond acceptors (Lipinski definition) is 2. The van der Waals surface area contributed by atoms with E-state index in [2.05, 4.69) is 16.7 Å². The fourth-order valence-corrected chi connectivity index (χ4v) is 2.62. The summed E-state index contributed by atoms with van der Waals surface area (Å²) in [6.45, 7) is 4.52. The molecule has 2 N–H and O–H groups in total. The van der Waals surface area contributed by atoms with Gasteiger partial charge in [0.25, 0.3) is 5.91 Å². The van der Waals surface area contributed by atoms with Crippen LogP contribution in [0.4, 0.5) is 0 Å². The summed E-state index contributed by atoms with van der Waals surface area (Å²) in [6, 6.07) is 13.8. The third kappa shape index (κ3) is 2.55. The van der Waals surface area contributed by atoms with Crippen LogP contribution < -0.4 is 5.73 Å². The molecule has 0 fully saturated rings. The van der Waals surface area contributed by atoms with Crippen molar-refractivity contribution in [1.82, 2.24) is 4.57 Å². The first-order chi connectivity index (χ1) is 10.6. The summed E-state index contributed by atoms with van der Waals surface area (Å²) in [7, 11) is 0. The number of benzene rings is 1. The molecule has 0 unspecified atom stereocenters. The van der Waals surface area contributed by atoms with Crippen LogP contribution in [0.1, 0.15) is 27.4 Å². The minimum absolute atomic E-state index is 0.413. The molecule has 1 amide bonds. The van der Waals surface area contributed by atoms with Crippen LogP contribution >= 0.6 is 0 Å². The lowest BCUT2D eigenvalue weighted by Gasteiger charge is -2.11. The molecule has 22 heavy (non-hydrogen) atoms. The summed E-state index contributed by atoms with van der Waals surface area (Å²) in [5.74, 6) is 0.423. The van der Waals surface area contributed by atoms with Crippen molar-refractivity contribution in [1.29, 1.82) is 0 Å². The monoisotopic (exact) mass is 294 g/mol. The number of aromatic nitrogens is 1. The van der Waals surface area contributed by atoms with Gasteiger partial charge in [0.1, 0.15) is 5.76 Å². The van der Waals surface area contributed by atoms with Gasteiger partial charge >= 0.3 is 0 Å². The van der Waals surface area contributed by atoms with Crippen LogP contribution in [0, 0.1) is 13.8 Å². The first kappa shape index (κ1) is 14.2.